The zero-order valence-electron chi connectivity index (χ0n) is 24.0. The maximum absolute atomic E-state index is 6.26. The Morgan fingerprint density at radius 3 is 0.971 bits per heavy atom. The second-order valence-electron chi connectivity index (χ2n) is 11.8. The molecule has 2 heteroatoms. The van der Waals surface area contributed by atoms with Crippen LogP contribution in [-0.2, 0) is 4.74 Å². The summed E-state index contributed by atoms with van der Waals surface area (Å²) in [6.07, 6.45) is 37.3. The van der Waals surface area contributed by atoms with Crippen molar-refractivity contribution in [1.29, 1.82) is 0 Å². The molecule has 2 N–H and O–H groups in total. The van der Waals surface area contributed by atoms with Gasteiger partial charge < -0.3 is 10.5 Å². The lowest BCUT2D eigenvalue weighted by molar-refractivity contribution is 0.267. The molecule has 1 aliphatic rings. The number of unbranched alkanes of at least 4 members (excludes halogenated alkanes) is 22. The quantitative estimate of drug-likeness (QED) is 0.0939. The molecule has 1 aliphatic heterocycles. The minimum absolute atomic E-state index is 0.327. The lowest BCUT2D eigenvalue weighted by atomic mass is 9.89. The minimum Gasteiger partial charge on any atom is -0.350 e. The molecule has 0 aliphatic carbocycles. The van der Waals surface area contributed by atoms with Gasteiger partial charge in [0.05, 0.1) is 0 Å². The van der Waals surface area contributed by atoms with Crippen LogP contribution in [0.3, 0.4) is 0 Å². The number of rotatable bonds is 27. The monoisotopic (exact) mass is 480 g/mol. The summed E-state index contributed by atoms with van der Waals surface area (Å²) in [5.74, 6) is 0.696. The van der Waals surface area contributed by atoms with Crippen molar-refractivity contribution in [3.05, 3.63) is 0 Å². The number of hydrogen-bond acceptors (Lipinski definition) is 2. The molecule has 0 saturated carbocycles. The highest BCUT2D eigenvalue weighted by atomic mass is 16.6. The number of nitrogens with two attached hydrogens (primary N) is 1. The molecule has 204 valence electrons. The third-order valence-electron chi connectivity index (χ3n) is 8.17. The molecule has 0 amide bonds. The molecular formula is C32H65NO. The van der Waals surface area contributed by atoms with Crippen molar-refractivity contribution < 1.29 is 4.74 Å². The summed E-state index contributed by atoms with van der Waals surface area (Å²) in [5.41, 5.74) is 5.93. The van der Waals surface area contributed by atoms with Crippen LogP contribution in [0.4, 0.5) is 0 Å². The highest BCUT2D eigenvalue weighted by molar-refractivity contribution is 4.97. The van der Waals surface area contributed by atoms with Crippen molar-refractivity contribution in [1.82, 2.24) is 0 Å². The molecule has 2 atom stereocenters. The van der Waals surface area contributed by atoms with Crippen LogP contribution in [0.15, 0.2) is 0 Å². The molecule has 2 unspecified atom stereocenters. The second-order valence-corrected chi connectivity index (χ2v) is 11.8. The molecule has 0 bridgehead atoms. The van der Waals surface area contributed by atoms with Crippen molar-refractivity contribution >= 4 is 0 Å². The van der Waals surface area contributed by atoms with Crippen LogP contribution in [0.25, 0.3) is 0 Å². The van der Waals surface area contributed by atoms with Gasteiger partial charge in [-0.05, 0) is 25.7 Å². The number of hydrogen-bond donors (Lipinski definition) is 1. The van der Waals surface area contributed by atoms with Gasteiger partial charge in [-0.2, -0.15) is 0 Å². The Kier molecular flexibility index (Phi) is 20.8. The summed E-state index contributed by atoms with van der Waals surface area (Å²) < 4.78 is 5.86. The standard InChI is InChI=1S/C32H65NO/c1-4-6-8-10-12-14-16-18-20-22-24-26-28-30(31-32(3,33)34-31)29-27-25-23-21-19-17-15-13-11-9-7-5-2/h30-31H,4-29,33H2,1-3H3. The fraction of sp³-hybridized carbons (Fsp3) is 1.00. The first-order valence-corrected chi connectivity index (χ1v) is 16.1. The summed E-state index contributed by atoms with van der Waals surface area (Å²) in [6, 6.07) is 0. The summed E-state index contributed by atoms with van der Waals surface area (Å²) in [4.78, 5) is 0. The molecule has 1 fully saturated rings. The van der Waals surface area contributed by atoms with E-state index in [1.54, 1.807) is 0 Å². The average molecular weight is 480 g/mol. The van der Waals surface area contributed by atoms with Crippen LogP contribution in [0.1, 0.15) is 188 Å². The number of ether oxygens (including phenoxy) is 1. The van der Waals surface area contributed by atoms with Gasteiger partial charge in [-0.15, -0.1) is 0 Å². The zero-order valence-corrected chi connectivity index (χ0v) is 24.0. The topological polar surface area (TPSA) is 38.5 Å². The molecule has 0 aromatic heterocycles. The van der Waals surface area contributed by atoms with Gasteiger partial charge >= 0.3 is 0 Å². The molecular weight excluding hydrogens is 414 g/mol. The van der Waals surface area contributed by atoms with Crippen LogP contribution in [0.5, 0.6) is 0 Å². The van der Waals surface area contributed by atoms with E-state index in [-0.39, 0.29) is 5.72 Å². The summed E-state index contributed by atoms with van der Waals surface area (Å²) >= 11 is 0. The fourth-order valence-electron chi connectivity index (χ4n) is 5.75. The third kappa shape index (κ3) is 18.2. The normalized spacial score (nSPS) is 19.9. The molecule has 0 aromatic rings. The van der Waals surface area contributed by atoms with Gasteiger partial charge in [0.2, 0.25) is 0 Å². The van der Waals surface area contributed by atoms with Crippen molar-refractivity contribution in [3.63, 3.8) is 0 Å². The van der Waals surface area contributed by atoms with Gasteiger partial charge in [0.15, 0.2) is 0 Å². The van der Waals surface area contributed by atoms with Gasteiger partial charge in [-0.1, -0.05) is 168 Å². The Morgan fingerprint density at radius 2 is 0.735 bits per heavy atom. The van der Waals surface area contributed by atoms with Crippen LogP contribution in [0.2, 0.25) is 0 Å². The van der Waals surface area contributed by atoms with Crippen molar-refractivity contribution in [2.75, 3.05) is 0 Å². The largest absolute Gasteiger partial charge is 0.350 e. The third-order valence-corrected chi connectivity index (χ3v) is 8.17. The van der Waals surface area contributed by atoms with E-state index in [2.05, 4.69) is 20.8 Å². The predicted octanol–water partition coefficient (Wildman–Crippen LogP) is 10.9. The fourth-order valence-corrected chi connectivity index (χ4v) is 5.75. The van der Waals surface area contributed by atoms with Crippen LogP contribution < -0.4 is 5.73 Å². The van der Waals surface area contributed by atoms with Crippen molar-refractivity contribution in [3.8, 4) is 0 Å². The summed E-state index contributed by atoms with van der Waals surface area (Å²) in [6.45, 7) is 6.68. The van der Waals surface area contributed by atoms with Crippen molar-refractivity contribution in [2.24, 2.45) is 11.7 Å². The summed E-state index contributed by atoms with van der Waals surface area (Å²) in [5, 5.41) is 0. The van der Waals surface area contributed by atoms with Crippen LogP contribution in [-0.4, -0.2) is 11.8 Å². The maximum atomic E-state index is 6.26. The Balaban J connectivity index is 1.95. The maximum Gasteiger partial charge on any atom is 0.141 e. The SMILES string of the molecule is CCCCCCCCCCCCCCC(CCCCCCCCCCCCCC)C1OC1(C)N. The Bertz CT molecular complexity index is 393. The van der Waals surface area contributed by atoms with E-state index < -0.39 is 0 Å². The van der Waals surface area contributed by atoms with Gasteiger partial charge in [0, 0.05) is 0 Å². The molecule has 2 nitrogen and oxygen atoms in total. The van der Waals surface area contributed by atoms with E-state index >= 15 is 0 Å². The molecule has 1 heterocycles. The van der Waals surface area contributed by atoms with E-state index in [0.717, 1.165) is 0 Å². The molecule has 1 rings (SSSR count). The van der Waals surface area contributed by atoms with Gasteiger partial charge in [0.25, 0.3) is 0 Å². The lowest BCUT2D eigenvalue weighted by Gasteiger charge is -2.15. The zero-order chi connectivity index (χ0) is 24.7. The Labute approximate surface area is 216 Å². The van der Waals surface area contributed by atoms with E-state index in [4.69, 9.17) is 10.5 Å². The van der Waals surface area contributed by atoms with Crippen LogP contribution >= 0.6 is 0 Å². The molecule has 0 spiro atoms. The van der Waals surface area contributed by atoms with E-state index in [1.165, 1.54) is 167 Å². The first-order chi connectivity index (χ1) is 16.6. The first kappa shape index (κ1) is 31.9. The Hall–Kier alpha value is -0.0800. The van der Waals surface area contributed by atoms with Gasteiger partial charge in [-0.3, -0.25) is 0 Å². The smallest absolute Gasteiger partial charge is 0.141 e. The molecule has 0 radical (unpaired) electrons. The summed E-state index contributed by atoms with van der Waals surface area (Å²) in [7, 11) is 0. The van der Waals surface area contributed by atoms with Crippen LogP contribution in [0, 0.1) is 5.92 Å². The minimum atomic E-state index is -0.334. The van der Waals surface area contributed by atoms with E-state index in [0.29, 0.717) is 12.0 Å². The molecule has 34 heavy (non-hydrogen) atoms. The molecule has 1 saturated heterocycles. The number of epoxide rings is 1. The van der Waals surface area contributed by atoms with E-state index in [9.17, 15) is 0 Å². The van der Waals surface area contributed by atoms with Gasteiger partial charge in [0.1, 0.15) is 11.8 Å². The second kappa shape index (κ2) is 22.1. The van der Waals surface area contributed by atoms with Gasteiger partial charge in [-0.25, -0.2) is 0 Å². The molecule has 0 aromatic carbocycles. The first-order valence-electron chi connectivity index (χ1n) is 16.1. The lowest BCUT2D eigenvalue weighted by Crippen LogP contribution is -2.26. The Morgan fingerprint density at radius 1 is 0.500 bits per heavy atom. The predicted molar refractivity (Wildman–Crippen MR) is 152 cm³/mol. The van der Waals surface area contributed by atoms with E-state index in [1.807, 2.05) is 0 Å². The average Bonchev–Trinajstić information content (AvgIpc) is 3.46. The highest BCUT2D eigenvalue weighted by Crippen LogP contribution is 2.41. The highest BCUT2D eigenvalue weighted by Gasteiger charge is 2.52. The van der Waals surface area contributed by atoms with Crippen molar-refractivity contribution in [2.45, 2.75) is 200 Å².